The highest BCUT2D eigenvalue weighted by Crippen LogP contribution is 2.14. The number of aliphatic hydroxyl groups excluding tert-OH is 1. The van der Waals surface area contributed by atoms with Crippen molar-refractivity contribution in [3.8, 4) is 0 Å². The summed E-state index contributed by atoms with van der Waals surface area (Å²) in [5.41, 5.74) is 0. The van der Waals surface area contributed by atoms with Gasteiger partial charge in [-0.3, -0.25) is 4.79 Å². The van der Waals surface area contributed by atoms with Crippen LogP contribution in [0.2, 0.25) is 0 Å². The lowest BCUT2D eigenvalue weighted by atomic mass is 9.90. The molecule has 2 unspecified atom stereocenters. The largest absolute Gasteiger partial charge is 0.385 e. The lowest BCUT2D eigenvalue weighted by Gasteiger charge is -2.19. The van der Waals surface area contributed by atoms with Gasteiger partial charge in [-0.25, -0.2) is 0 Å². The Kier molecular flexibility index (Phi) is 3.58. The van der Waals surface area contributed by atoms with Crippen LogP contribution in [0.3, 0.4) is 0 Å². The van der Waals surface area contributed by atoms with Gasteiger partial charge < -0.3 is 5.11 Å². The van der Waals surface area contributed by atoms with Crippen molar-refractivity contribution in [3.05, 3.63) is 0 Å². The number of aliphatic hydroxyl groups is 1. The monoisotopic (exact) mass is 144 g/mol. The SMILES string of the molecule is CC(=O)C(O)C(C)C(C)C. The van der Waals surface area contributed by atoms with Gasteiger partial charge in [-0.2, -0.15) is 0 Å². The lowest BCUT2D eigenvalue weighted by Crippen LogP contribution is -2.28. The number of carbonyl (C=O) groups is 1. The third-order valence-electron chi connectivity index (χ3n) is 1.97. The molecule has 0 bridgehead atoms. The zero-order chi connectivity index (χ0) is 8.31. The van der Waals surface area contributed by atoms with Crippen molar-refractivity contribution in [2.24, 2.45) is 11.8 Å². The van der Waals surface area contributed by atoms with Crippen LogP contribution in [0.4, 0.5) is 0 Å². The third-order valence-corrected chi connectivity index (χ3v) is 1.97. The molecule has 0 aliphatic rings. The second-order valence-corrected chi connectivity index (χ2v) is 3.16. The highest BCUT2D eigenvalue weighted by Gasteiger charge is 2.20. The molecule has 2 heteroatoms. The molecular weight excluding hydrogens is 128 g/mol. The summed E-state index contributed by atoms with van der Waals surface area (Å²) in [4.78, 5) is 10.6. The molecule has 60 valence electrons. The minimum atomic E-state index is -0.778. The summed E-state index contributed by atoms with van der Waals surface area (Å²) in [6, 6.07) is 0. The second-order valence-electron chi connectivity index (χ2n) is 3.16. The summed E-state index contributed by atoms with van der Waals surface area (Å²) >= 11 is 0. The predicted octanol–water partition coefficient (Wildman–Crippen LogP) is 1.23. The lowest BCUT2D eigenvalue weighted by molar-refractivity contribution is -0.128. The van der Waals surface area contributed by atoms with Crippen LogP contribution < -0.4 is 0 Å². The highest BCUT2D eigenvalue weighted by molar-refractivity contribution is 5.80. The molecular formula is C8H16O2. The smallest absolute Gasteiger partial charge is 0.158 e. The summed E-state index contributed by atoms with van der Waals surface area (Å²) in [5.74, 6) is 0.289. The van der Waals surface area contributed by atoms with Gasteiger partial charge >= 0.3 is 0 Å². The fourth-order valence-electron chi connectivity index (χ4n) is 0.735. The first-order chi connectivity index (χ1) is 4.46. The van der Waals surface area contributed by atoms with Gasteiger partial charge in [0.15, 0.2) is 5.78 Å². The average molecular weight is 144 g/mol. The van der Waals surface area contributed by atoms with Crippen molar-refractivity contribution in [1.29, 1.82) is 0 Å². The van der Waals surface area contributed by atoms with Gasteiger partial charge in [-0.1, -0.05) is 20.8 Å². The summed E-state index contributed by atoms with van der Waals surface area (Å²) < 4.78 is 0. The summed E-state index contributed by atoms with van der Waals surface area (Å²) in [5, 5.41) is 9.22. The minimum absolute atomic E-state index is 0.0671. The molecule has 2 atom stereocenters. The van der Waals surface area contributed by atoms with E-state index in [1.165, 1.54) is 6.92 Å². The van der Waals surface area contributed by atoms with E-state index >= 15 is 0 Å². The first-order valence-corrected chi connectivity index (χ1v) is 3.65. The molecule has 0 aromatic carbocycles. The Morgan fingerprint density at radius 1 is 1.30 bits per heavy atom. The molecule has 1 N–H and O–H groups in total. The van der Waals surface area contributed by atoms with Crippen LogP contribution >= 0.6 is 0 Å². The van der Waals surface area contributed by atoms with Crippen molar-refractivity contribution in [3.63, 3.8) is 0 Å². The van der Waals surface area contributed by atoms with E-state index in [4.69, 9.17) is 0 Å². The number of rotatable bonds is 3. The van der Waals surface area contributed by atoms with E-state index in [9.17, 15) is 9.90 Å². The van der Waals surface area contributed by atoms with E-state index in [-0.39, 0.29) is 11.7 Å². The number of Topliss-reactive ketones (excluding diaryl/α,β-unsaturated/α-hetero) is 1. The molecule has 0 fully saturated rings. The fraction of sp³-hybridized carbons (Fsp3) is 0.875. The van der Waals surface area contributed by atoms with Gasteiger partial charge in [0.05, 0.1) is 0 Å². The fourth-order valence-corrected chi connectivity index (χ4v) is 0.735. The van der Waals surface area contributed by atoms with Gasteiger partial charge in [0, 0.05) is 0 Å². The molecule has 0 amide bonds. The van der Waals surface area contributed by atoms with E-state index in [1.54, 1.807) is 0 Å². The Balaban J connectivity index is 3.94. The van der Waals surface area contributed by atoms with E-state index < -0.39 is 6.10 Å². The van der Waals surface area contributed by atoms with Gasteiger partial charge in [-0.05, 0) is 18.8 Å². The topological polar surface area (TPSA) is 37.3 Å². The first-order valence-electron chi connectivity index (χ1n) is 3.65. The normalized spacial score (nSPS) is 17.0. The maximum absolute atomic E-state index is 10.6. The van der Waals surface area contributed by atoms with Crippen molar-refractivity contribution < 1.29 is 9.90 Å². The molecule has 0 aliphatic heterocycles. The maximum Gasteiger partial charge on any atom is 0.158 e. The van der Waals surface area contributed by atoms with Crippen molar-refractivity contribution in [1.82, 2.24) is 0 Å². The van der Waals surface area contributed by atoms with Crippen LogP contribution in [0.5, 0.6) is 0 Å². The van der Waals surface area contributed by atoms with Gasteiger partial charge in [-0.15, -0.1) is 0 Å². The summed E-state index contributed by atoms with van der Waals surface area (Å²) in [7, 11) is 0. The van der Waals surface area contributed by atoms with Crippen LogP contribution in [0, 0.1) is 11.8 Å². The van der Waals surface area contributed by atoms with Gasteiger partial charge in [0.2, 0.25) is 0 Å². The minimum Gasteiger partial charge on any atom is -0.385 e. The van der Waals surface area contributed by atoms with Crippen molar-refractivity contribution in [2.75, 3.05) is 0 Å². The standard InChI is InChI=1S/C8H16O2/c1-5(2)6(3)8(10)7(4)9/h5-6,8,10H,1-4H3. The molecule has 0 spiro atoms. The number of carbonyl (C=O) groups excluding carboxylic acids is 1. The molecule has 0 heterocycles. The Morgan fingerprint density at radius 3 is 1.80 bits per heavy atom. The van der Waals surface area contributed by atoms with Gasteiger partial charge in [0.25, 0.3) is 0 Å². The molecule has 10 heavy (non-hydrogen) atoms. The molecule has 0 saturated carbocycles. The van der Waals surface area contributed by atoms with E-state index in [2.05, 4.69) is 0 Å². The molecule has 2 nitrogen and oxygen atoms in total. The van der Waals surface area contributed by atoms with Crippen LogP contribution in [-0.4, -0.2) is 17.0 Å². The second kappa shape index (κ2) is 3.71. The number of hydrogen-bond acceptors (Lipinski definition) is 2. The predicted molar refractivity (Wildman–Crippen MR) is 40.7 cm³/mol. The number of hydrogen-bond donors (Lipinski definition) is 1. The Hall–Kier alpha value is -0.370. The molecule has 0 aromatic heterocycles. The number of ketones is 1. The van der Waals surface area contributed by atoms with Crippen molar-refractivity contribution in [2.45, 2.75) is 33.8 Å². The maximum atomic E-state index is 10.6. The molecule has 0 rings (SSSR count). The summed E-state index contributed by atoms with van der Waals surface area (Å²) in [6.07, 6.45) is -0.778. The highest BCUT2D eigenvalue weighted by atomic mass is 16.3. The van der Waals surface area contributed by atoms with Crippen LogP contribution in [0.25, 0.3) is 0 Å². The quantitative estimate of drug-likeness (QED) is 0.646. The van der Waals surface area contributed by atoms with Crippen LogP contribution in [0.15, 0.2) is 0 Å². The molecule has 0 aromatic rings. The molecule has 0 saturated heterocycles. The third kappa shape index (κ3) is 2.48. The van der Waals surface area contributed by atoms with Crippen LogP contribution in [0.1, 0.15) is 27.7 Å². The van der Waals surface area contributed by atoms with Crippen molar-refractivity contribution >= 4 is 5.78 Å². The van der Waals surface area contributed by atoms with E-state index in [1.807, 2.05) is 20.8 Å². The summed E-state index contributed by atoms with van der Waals surface area (Å²) in [6.45, 7) is 7.30. The van der Waals surface area contributed by atoms with Crippen LogP contribution in [-0.2, 0) is 4.79 Å². The zero-order valence-electron chi connectivity index (χ0n) is 7.09. The Bertz CT molecular complexity index is 118. The zero-order valence-corrected chi connectivity index (χ0v) is 7.09. The van der Waals surface area contributed by atoms with E-state index in [0.717, 1.165) is 0 Å². The Labute approximate surface area is 62.2 Å². The Morgan fingerprint density at radius 2 is 1.70 bits per heavy atom. The molecule has 0 radical (unpaired) electrons. The molecule has 0 aliphatic carbocycles. The van der Waals surface area contributed by atoms with E-state index in [0.29, 0.717) is 5.92 Å². The first kappa shape index (κ1) is 9.63. The van der Waals surface area contributed by atoms with Gasteiger partial charge in [0.1, 0.15) is 6.10 Å². The average Bonchev–Trinajstić information content (AvgIpc) is 1.84.